The van der Waals surface area contributed by atoms with Crippen LogP contribution >= 0.6 is 0 Å². The highest BCUT2D eigenvalue weighted by Crippen LogP contribution is 2.27. The standard InChI is InChI=1S/C11H17N3O5S/c12-20(15,16)9-5-13-14-6-8(7-18-11(9)14)19-10-3-1-2-4-17-10/h5,8,10H,1-4,6-7H2,(H2,12,15,16). The second-order valence-electron chi connectivity index (χ2n) is 4.91. The molecule has 0 aliphatic carbocycles. The highest BCUT2D eigenvalue weighted by Gasteiger charge is 2.30. The molecule has 2 aliphatic heterocycles. The maximum Gasteiger partial charge on any atom is 0.245 e. The fraction of sp³-hybridized carbons (Fsp3) is 0.727. The van der Waals surface area contributed by atoms with Gasteiger partial charge in [-0.1, -0.05) is 0 Å². The Morgan fingerprint density at radius 1 is 1.45 bits per heavy atom. The van der Waals surface area contributed by atoms with Crippen molar-refractivity contribution in [2.75, 3.05) is 13.2 Å². The van der Waals surface area contributed by atoms with Crippen molar-refractivity contribution in [1.82, 2.24) is 9.78 Å². The fourth-order valence-electron chi connectivity index (χ4n) is 2.36. The number of nitrogens with two attached hydrogens (primary N) is 1. The number of aromatic nitrogens is 2. The highest BCUT2D eigenvalue weighted by molar-refractivity contribution is 7.89. The largest absolute Gasteiger partial charge is 0.474 e. The van der Waals surface area contributed by atoms with Crippen molar-refractivity contribution < 1.29 is 22.6 Å². The number of primary sulfonamides is 1. The van der Waals surface area contributed by atoms with E-state index in [-0.39, 0.29) is 29.8 Å². The minimum absolute atomic E-state index is 0.0927. The molecular formula is C11H17N3O5S. The van der Waals surface area contributed by atoms with Gasteiger partial charge in [-0.05, 0) is 19.3 Å². The zero-order chi connectivity index (χ0) is 14.2. The minimum atomic E-state index is -3.82. The van der Waals surface area contributed by atoms with Crippen molar-refractivity contribution in [3.8, 4) is 5.88 Å². The van der Waals surface area contributed by atoms with E-state index in [1.165, 1.54) is 10.9 Å². The van der Waals surface area contributed by atoms with Gasteiger partial charge in [0.1, 0.15) is 12.7 Å². The van der Waals surface area contributed by atoms with E-state index < -0.39 is 10.0 Å². The topological polar surface area (TPSA) is 106 Å². The third-order valence-corrected chi connectivity index (χ3v) is 4.22. The normalized spacial score (nSPS) is 26.9. The summed E-state index contributed by atoms with van der Waals surface area (Å²) in [5, 5.41) is 9.08. The molecule has 1 fully saturated rings. The molecule has 1 aromatic heterocycles. The SMILES string of the molecule is NS(=O)(=O)c1cnn2c1OCC(OC1CCCCO1)C2. The van der Waals surface area contributed by atoms with E-state index in [1.807, 2.05) is 0 Å². The maximum absolute atomic E-state index is 11.4. The molecule has 0 bridgehead atoms. The Hall–Kier alpha value is -1.16. The van der Waals surface area contributed by atoms with Gasteiger partial charge in [-0.2, -0.15) is 5.10 Å². The Bertz CT molecular complexity index is 579. The molecular weight excluding hydrogens is 286 g/mol. The van der Waals surface area contributed by atoms with Crippen molar-refractivity contribution in [2.24, 2.45) is 5.14 Å². The van der Waals surface area contributed by atoms with Crippen LogP contribution in [0.3, 0.4) is 0 Å². The summed E-state index contributed by atoms with van der Waals surface area (Å²) >= 11 is 0. The van der Waals surface area contributed by atoms with Gasteiger partial charge in [0, 0.05) is 6.61 Å². The van der Waals surface area contributed by atoms with Gasteiger partial charge < -0.3 is 14.2 Å². The average Bonchev–Trinajstić information content (AvgIpc) is 2.83. The van der Waals surface area contributed by atoms with Gasteiger partial charge in [-0.15, -0.1) is 0 Å². The van der Waals surface area contributed by atoms with Gasteiger partial charge in [0.25, 0.3) is 0 Å². The lowest BCUT2D eigenvalue weighted by molar-refractivity contribution is -0.200. The molecule has 2 unspecified atom stereocenters. The van der Waals surface area contributed by atoms with Gasteiger partial charge >= 0.3 is 0 Å². The summed E-state index contributed by atoms with van der Waals surface area (Å²) < 4.78 is 40.9. The van der Waals surface area contributed by atoms with Crippen molar-refractivity contribution in [2.45, 2.75) is 43.1 Å². The maximum atomic E-state index is 11.4. The summed E-state index contributed by atoms with van der Waals surface area (Å²) in [6.45, 7) is 1.39. The third-order valence-electron chi connectivity index (χ3n) is 3.33. The van der Waals surface area contributed by atoms with Crippen LogP contribution in [0.5, 0.6) is 5.88 Å². The van der Waals surface area contributed by atoms with Crippen LogP contribution in [0.25, 0.3) is 0 Å². The van der Waals surface area contributed by atoms with E-state index in [0.717, 1.165) is 19.3 Å². The number of ether oxygens (including phenoxy) is 3. The zero-order valence-electron chi connectivity index (χ0n) is 10.9. The molecule has 0 radical (unpaired) electrons. The summed E-state index contributed by atoms with van der Waals surface area (Å²) in [6, 6.07) is 0. The van der Waals surface area contributed by atoms with Crippen molar-refractivity contribution in [3.63, 3.8) is 0 Å². The molecule has 112 valence electrons. The lowest BCUT2D eigenvalue weighted by Crippen LogP contribution is -2.38. The van der Waals surface area contributed by atoms with E-state index in [1.54, 1.807) is 0 Å². The monoisotopic (exact) mass is 303 g/mol. The first-order valence-corrected chi connectivity index (χ1v) is 8.07. The molecule has 0 saturated carbocycles. The van der Waals surface area contributed by atoms with Crippen LogP contribution in [0, 0.1) is 0 Å². The molecule has 3 heterocycles. The molecule has 0 amide bonds. The van der Waals surface area contributed by atoms with E-state index in [0.29, 0.717) is 13.2 Å². The Labute approximate surface area is 116 Å². The van der Waals surface area contributed by atoms with Crippen molar-refractivity contribution in [1.29, 1.82) is 0 Å². The van der Waals surface area contributed by atoms with Gasteiger partial charge in [-0.25, -0.2) is 18.2 Å². The number of hydrogen-bond donors (Lipinski definition) is 1. The number of hydrogen-bond acceptors (Lipinski definition) is 6. The lowest BCUT2D eigenvalue weighted by Gasteiger charge is -2.30. The summed E-state index contributed by atoms with van der Waals surface area (Å²) in [5.41, 5.74) is 0. The van der Waals surface area contributed by atoms with E-state index >= 15 is 0 Å². The first-order valence-electron chi connectivity index (χ1n) is 6.52. The van der Waals surface area contributed by atoms with E-state index in [9.17, 15) is 8.42 Å². The Kier molecular flexibility index (Phi) is 3.67. The van der Waals surface area contributed by atoms with Crippen molar-refractivity contribution >= 4 is 10.0 Å². The summed E-state index contributed by atoms with van der Waals surface area (Å²) in [4.78, 5) is -0.0927. The minimum Gasteiger partial charge on any atom is -0.474 e. The average molecular weight is 303 g/mol. The molecule has 1 saturated heterocycles. The van der Waals surface area contributed by atoms with Crippen LogP contribution in [0.1, 0.15) is 19.3 Å². The van der Waals surface area contributed by atoms with Gasteiger partial charge in [0.15, 0.2) is 11.2 Å². The molecule has 20 heavy (non-hydrogen) atoms. The van der Waals surface area contributed by atoms with Crippen LogP contribution in [-0.2, 0) is 26.0 Å². The predicted octanol–water partition coefficient (Wildman–Crippen LogP) is -0.165. The summed E-state index contributed by atoms with van der Waals surface area (Å²) in [7, 11) is -3.82. The third kappa shape index (κ3) is 2.80. The quantitative estimate of drug-likeness (QED) is 0.831. The number of rotatable bonds is 3. The summed E-state index contributed by atoms with van der Waals surface area (Å²) in [6.07, 6.45) is 3.78. The smallest absolute Gasteiger partial charge is 0.245 e. The lowest BCUT2D eigenvalue weighted by atomic mass is 10.2. The molecule has 0 spiro atoms. The van der Waals surface area contributed by atoms with Gasteiger partial charge in [0.05, 0.1) is 12.7 Å². The molecule has 1 aromatic rings. The van der Waals surface area contributed by atoms with Gasteiger partial charge in [0.2, 0.25) is 15.9 Å². The molecule has 2 N–H and O–H groups in total. The zero-order valence-corrected chi connectivity index (χ0v) is 11.7. The van der Waals surface area contributed by atoms with Crippen LogP contribution < -0.4 is 9.88 Å². The first kappa shape index (κ1) is 13.8. The van der Waals surface area contributed by atoms with E-state index in [4.69, 9.17) is 19.3 Å². The van der Waals surface area contributed by atoms with Crippen LogP contribution in [0.2, 0.25) is 0 Å². The highest BCUT2D eigenvalue weighted by atomic mass is 32.2. The fourth-order valence-corrected chi connectivity index (χ4v) is 2.96. The van der Waals surface area contributed by atoms with Crippen LogP contribution in [0.15, 0.2) is 11.1 Å². The van der Waals surface area contributed by atoms with E-state index in [2.05, 4.69) is 5.10 Å². The van der Waals surface area contributed by atoms with Crippen LogP contribution in [0.4, 0.5) is 0 Å². The second kappa shape index (κ2) is 5.32. The number of nitrogens with zero attached hydrogens (tertiary/aromatic N) is 2. The molecule has 2 aliphatic rings. The Morgan fingerprint density at radius 2 is 2.30 bits per heavy atom. The molecule has 0 aromatic carbocycles. The first-order chi connectivity index (χ1) is 9.54. The Balaban J connectivity index is 1.68. The Morgan fingerprint density at radius 3 is 3.00 bits per heavy atom. The molecule has 9 heteroatoms. The summed E-state index contributed by atoms with van der Waals surface area (Å²) in [5.74, 6) is 0.178. The second-order valence-corrected chi connectivity index (χ2v) is 6.44. The van der Waals surface area contributed by atoms with Crippen molar-refractivity contribution in [3.05, 3.63) is 6.20 Å². The molecule has 8 nitrogen and oxygen atoms in total. The van der Waals surface area contributed by atoms with Gasteiger partial charge in [-0.3, -0.25) is 0 Å². The van der Waals surface area contributed by atoms with Crippen LogP contribution in [-0.4, -0.2) is 43.8 Å². The molecule has 2 atom stereocenters. The number of sulfonamides is 1. The predicted molar refractivity (Wildman–Crippen MR) is 67.6 cm³/mol. The number of fused-ring (bicyclic) bond motifs is 1. The molecule has 3 rings (SSSR count).